The highest BCUT2D eigenvalue weighted by atomic mass is 127. The average Bonchev–Trinajstić information content (AvgIpc) is 3.13. The van der Waals surface area contributed by atoms with Crippen LogP contribution in [0.15, 0.2) is 23.2 Å². The predicted octanol–water partition coefficient (Wildman–Crippen LogP) is 3.46. The number of benzene rings is 1. The minimum Gasteiger partial charge on any atom is -0.381 e. The molecule has 1 aliphatic heterocycles. The summed E-state index contributed by atoms with van der Waals surface area (Å²) in [5, 5.41) is 6.74. The fourth-order valence-corrected chi connectivity index (χ4v) is 3.11. The van der Waals surface area contributed by atoms with Crippen LogP contribution in [0.2, 0.25) is 0 Å². The average molecular weight is 489 g/mol. The summed E-state index contributed by atoms with van der Waals surface area (Å²) in [6.07, 6.45) is 3.08. The lowest BCUT2D eigenvalue weighted by Crippen LogP contribution is -2.38. The topological polar surface area (TPSA) is 54.9 Å². The van der Waals surface area contributed by atoms with Gasteiger partial charge in [-0.3, -0.25) is 4.99 Å². The Bertz CT molecular complexity index is 560. The first kappa shape index (κ1) is 24.2. The molecule has 27 heavy (non-hydrogen) atoms. The first-order valence-corrected chi connectivity index (χ1v) is 9.93. The van der Waals surface area contributed by atoms with Crippen molar-refractivity contribution in [2.45, 2.75) is 40.0 Å². The van der Waals surface area contributed by atoms with Gasteiger partial charge in [-0.2, -0.15) is 0 Å². The largest absolute Gasteiger partial charge is 0.381 e. The number of aryl methyl sites for hydroxylation is 2. The van der Waals surface area contributed by atoms with Crippen molar-refractivity contribution in [3.63, 3.8) is 0 Å². The summed E-state index contributed by atoms with van der Waals surface area (Å²) in [5.74, 6) is 1.48. The van der Waals surface area contributed by atoms with Crippen LogP contribution < -0.4 is 10.6 Å². The highest BCUT2D eigenvalue weighted by molar-refractivity contribution is 14.0. The van der Waals surface area contributed by atoms with E-state index in [0.29, 0.717) is 5.92 Å². The van der Waals surface area contributed by atoms with Gasteiger partial charge in [0.05, 0.1) is 13.2 Å². The predicted molar refractivity (Wildman–Crippen MR) is 123 cm³/mol. The molecule has 154 valence electrons. The number of rotatable bonds is 10. The number of ether oxygens (including phenoxy) is 2. The minimum absolute atomic E-state index is 0. The van der Waals surface area contributed by atoms with E-state index in [4.69, 9.17) is 9.47 Å². The molecule has 0 spiro atoms. The van der Waals surface area contributed by atoms with E-state index in [2.05, 4.69) is 54.6 Å². The molecule has 0 amide bonds. The molecular weight excluding hydrogens is 453 g/mol. The summed E-state index contributed by atoms with van der Waals surface area (Å²) in [7, 11) is 0. The van der Waals surface area contributed by atoms with Gasteiger partial charge < -0.3 is 20.1 Å². The van der Waals surface area contributed by atoms with Crippen molar-refractivity contribution in [2.24, 2.45) is 10.9 Å². The highest BCUT2D eigenvalue weighted by Gasteiger charge is 2.15. The molecule has 2 rings (SSSR count). The standard InChI is InChI=1S/C21H35N3O2.HI/c1-4-22-21(23-10-5-12-25-15-19-9-13-26-16-19)24-11-8-20-7-6-17(2)14-18(20)3;/h6-7,14,19H,4-5,8-13,15-16H2,1-3H3,(H2,22,23,24);1H. The number of hydrogen-bond acceptors (Lipinski definition) is 3. The Hall–Kier alpha value is -0.860. The SMILES string of the molecule is CCNC(=NCCCOCC1CCOC1)NCCc1ccc(C)cc1C.I. The zero-order chi connectivity index (χ0) is 18.6. The van der Waals surface area contributed by atoms with Crippen LogP contribution in [-0.2, 0) is 15.9 Å². The van der Waals surface area contributed by atoms with E-state index >= 15 is 0 Å². The Labute approximate surface area is 181 Å². The van der Waals surface area contributed by atoms with Crippen LogP contribution in [-0.4, -0.2) is 52.0 Å². The number of aliphatic imine (C=N–C) groups is 1. The van der Waals surface area contributed by atoms with Crippen molar-refractivity contribution in [3.8, 4) is 0 Å². The van der Waals surface area contributed by atoms with E-state index in [1.807, 2.05) is 0 Å². The summed E-state index contributed by atoms with van der Waals surface area (Å²) in [4.78, 5) is 4.64. The second-order valence-corrected chi connectivity index (χ2v) is 7.03. The Morgan fingerprint density at radius 2 is 2.15 bits per heavy atom. The van der Waals surface area contributed by atoms with E-state index < -0.39 is 0 Å². The second kappa shape index (κ2) is 14.2. The lowest BCUT2D eigenvalue weighted by atomic mass is 10.0. The van der Waals surface area contributed by atoms with Gasteiger partial charge in [0, 0.05) is 38.8 Å². The Balaban J connectivity index is 0.00000364. The highest BCUT2D eigenvalue weighted by Crippen LogP contribution is 2.12. The van der Waals surface area contributed by atoms with Gasteiger partial charge in [0.2, 0.25) is 0 Å². The molecule has 2 N–H and O–H groups in total. The molecule has 6 heteroatoms. The molecule has 5 nitrogen and oxygen atoms in total. The third-order valence-electron chi connectivity index (χ3n) is 4.62. The molecule has 1 aromatic rings. The summed E-state index contributed by atoms with van der Waals surface area (Å²) in [6, 6.07) is 6.65. The lowest BCUT2D eigenvalue weighted by Gasteiger charge is -2.13. The number of hydrogen-bond donors (Lipinski definition) is 2. The molecule has 0 saturated carbocycles. The van der Waals surface area contributed by atoms with Gasteiger partial charge in [-0.25, -0.2) is 0 Å². The monoisotopic (exact) mass is 489 g/mol. The quantitative estimate of drug-likeness (QED) is 0.229. The van der Waals surface area contributed by atoms with Crippen LogP contribution in [0.25, 0.3) is 0 Å². The number of nitrogens with zero attached hydrogens (tertiary/aromatic N) is 1. The molecule has 1 saturated heterocycles. The second-order valence-electron chi connectivity index (χ2n) is 7.03. The molecule has 0 aliphatic carbocycles. The normalized spacial score (nSPS) is 16.9. The first-order valence-electron chi connectivity index (χ1n) is 9.93. The zero-order valence-electron chi connectivity index (χ0n) is 17.1. The van der Waals surface area contributed by atoms with Gasteiger partial charge in [0.15, 0.2) is 5.96 Å². The van der Waals surface area contributed by atoms with E-state index in [1.54, 1.807) is 0 Å². The number of guanidine groups is 1. The molecule has 1 unspecified atom stereocenters. The minimum atomic E-state index is 0. The van der Waals surface area contributed by atoms with Gasteiger partial charge in [-0.05, 0) is 51.2 Å². The van der Waals surface area contributed by atoms with E-state index in [-0.39, 0.29) is 24.0 Å². The maximum absolute atomic E-state index is 5.73. The van der Waals surface area contributed by atoms with Crippen LogP contribution in [0.4, 0.5) is 0 Å². The molecule has 1 fully saturated rings. The summed E-state index contributed by atoms with van der Waals surface area (Å²) in [6.45, 7) is 12.3. The van der Waals surface area contributed by atoms with E-state index in [0.717, 1.165) is 71.3 Å². The van der Waals surface area contributed by atoms with Crippen molar-refractivity contribution >= 4 is 29.9 Å². The number of nitrogens with one attached hydrogen (secondary N) is 2. The van der Waals surface area contributed by atoms with Crippen molar-refractivity contribution in [1.82, 2.24) is 10.6 Å². The zero-order valence-corrected chi connectivity index (χ0v) is 19.4. The van der Waals surface area contributed by atoms with Gasteiger partial charge in [0.1, 0.15) is 0 Å². The van der Waals surface area contributed by atoms with Crippen molar-refractivity contribution < 1.29 is 9.47 Å². The Kier molecular flexibility index (Phi) is 12.7. The van der Waals surface area contributed by atoms with Crippen molar-refractivity contribution in [2.75, 3.05) is 46.1 Å². The number of halogens is 1. The maximum atomic E-state index is 5.73. The molecular formula is C21H36IN3O2. The third kappa shape index (κ3) is 9.76. The van der Waals surface area contributed by atoms with Gasteiger partial charge in [-0.1, -0.05) is 23.8 Å². The van der Waals surface area contributed by atoms with Crippen LogP contribution >= 0.6 is 24.0 Å². The van der Waals surface area contributed by atoms with Crippen molar-refractivity contribution in [1.29, 1.82) is 0 Å². The van der Waals surface area contributed by atoms with Gasteiger partial charge >= 0.3 is 0 Å². The fraction of sp³-hybridized carbons (Fsp3) is 0.667. The molecule has 0 bridgehead atoms. The first-order chi connectivity index (χ1) is 12.7. The maximum Gasteiger partial charge on any atom is 0.191 e. The molecule has 1 aliphatic rings. The van der Waals surface area contributed by atoms with Crippen molar-refractivity contribution in [3.05, 3.63) is 34.9 Å². The molecule has 0 aromatic heterocycles. The van der Waals surface area contributed by atoms with E-state index in [9.17, 15) is 0 Å². The van der Waals surface area contributed by atoms with Crippen LogP contribution in [0, 0.1) is 19.8 Å². The van der Waals surface area contributed by atoms with Gasteiger partial charge in [-0.15, -0.1) is 24.0 Å². The molecule has 1 atom stereocenters. The third-order valence-corrected chi connectivity index (χ3v) is 4.62. The fourth-order valence-electron chi connectivity index (χ4n) is 3.11. The van der Waals surface area contributed by atoms with Gasteiger partial charge in [0.25, 0.3) is 0 Å². The van der Waals surface area contributed by atoms with Crippen LogP contribution in [0.3, 0.4) is 0 Å². The Morgan fingerprint density at radius 1 is 1.30 bits per heavy atom. The van der Waals surface area contributed by atoms with Crippen LogP contribution in [0.5, 0.6) is 0 Å². The summed E-state index contributed by atoms with van der Waals surface area (Å²) >= 11 is 0. The lowest BCUT2D eigenvalue weighted by molar-refractivity contribution is 0.0893. The Morgan fingerprint density at radius 3 is 2.85 bits per heavy atom. The van der Waals surface area contributed by atoms with E-state index in [1.165, 1.54) is 16.7 Å². The molecule has 1 aromatic carbocycles. The van der Waals surface area contributed by atoms with Crippen LogP contribution in [0.1, 0.15) is 36.5 Å². The molecule has 1 heterocycles. The molecule has 0 radical (unpaired) electrons. The summed E-state index contributed by atoms with van der Waals surface area (Å²) < 4.78 is 11.1. The smallest absolute Gasteiger partial charge is 0.191 e. The summed E-state index contributed by atoms with van der Waals surface area (Å²) in [5.41, 5.74) is 4.07.